The number of rotatable bonds is 6. The maximum atomic E-state index is 12.8. The SMILES string of the molecule is FC(F)Cn1ncc2ncc(N3C[C@@H]4[C@@H](COc5cc(C(F)(F)F)ccn5)[C@@H]4C3)nc21. The Bertz CT molecular complexity index is 1090. The Hall–Kier alpha value is -3.05. The van der Waals surface area contributed by atoms with Crippen LogP contribution in [0, 0.1) is 17.8 Å². The van der Waals surface area contributed by atoms with Crippen LogP contribution in [0.4, 0.5) is 27.8 Å². The number of pyridine rings is 1. The molecule has 3 aromatic heterocycles. The van der Waals surface area contributed by atoms with Crippen molar-refractivity contribution in [1.29, 1.82) is 0 Å². The van der Waals surface area contributed by atoms with Gasteiger partial charge in [-0.3, -0.25) is 0 Å². The van der Waals surface area contributed by atoms with Crippen molar-refractivity contribution in [2.24, 2.45) is 17.8 Å². The molecular formula is C19H17F5N6O. The van der Waals surface area contributed by atoms with Crippen LogP contribution >= 0.6 is 0 Å². The van der Waals surface area contributed by atoms with Crippen molar-refractivity contribution in [2.75, 3.05) is 24.6 Å². The first-order valence-electron chi connectivity index (χ1n) is 9.67. The highest BCUT2D eigenvalue weighted by molar-refractivity contribution is 5.71. The average molecular weight is 440 g/mol. The monoisotopic (exact) mass is 440 g/mol. The van der Waals surface area contributed by atoms with Gasteiger partial charge in [0.05, 0.1) is 24.6 Å². The lowest BCUT2D eigenvalue weighted by Gasteiger charge is -2.20. The van der Waals surface area contributed by atoms with Crippen LogP contribution in [0.15, 0.2) is 30.7 Å². The van der Waals surface area contributed by atoms with Crippen molar-refractivity contribution in [1.82, 2.24) is 24.7 Å². The maximum Gasteiger partial charge on any atom is 0.416 e. The zero-order valence-corrected chi connectivity index (χ0v) is 16.0. The highest BCUT2D eigenvalue weighted by Crippen LogP contribution is 2.52. The van der Waals surface area contributed by atoms with Crippen LogP contribution in [-0.2, 0) is 12.7 Å². The number of fused-ring (bicyclic) bond motifs is 2. The van der Waals surface area contributed by atoms with E-state index < -0.39 is 24.7 Å². The Morgan fingerprint density at radius 1 is 1.13 bits per heavy atom. The molecule has 3 aromatic rings. The molecule has 0 N–H and O–H groups in total. The molecule has 0 aromatic carbocycles. The van der Waals surface area contributed by atoms with E-state index in [1.54, 1.807) is 6.20 Å². The van der Waals surface area contributed by atoms with E-state index in [0.29, 0.717) is 48.5 Å². The summed E-state index contributed by atoms with van der Waals surface area (Å²) in [6.07, 6.45) is -2.89. The lowest BCUT2D eigenvalue weighted by atomic mass is 10.2. The second-order valence-electron chi connectivity index (χ2n) is 7.74. The molecule has 0 bridgehead atoms. The van der Waals surface area contributed by atoms with Gasteiger partial charge in [-0.25, -0.2) is 28.4 Å². The van der Waals surface area contributed by atoms with Gasteiger partial charge in [0.2, 0.25) is 5.88 Å². The molecular weight excluding hydrogens is 423 g/mol. The average Bonchev–Trinajstić information content (AvgIpc) is 3.04. The summed E-state index contributed by atoms with van der Waals surface area (Å²) in [5.74, 6) is 1.44. The Balaban J connectivity index is 1.20. The Morgan fingerprint density at radius 3 is 2.61 bits per heavy atom. The molecule has 1 aliphatic carbocycles. The number of aromatic nitrogens is 5. The fourth-order valence-corrected chi connectivity index (χ4v) is 4.19. The Kier molecular flexibility index (Phi) is 4.67. The number of piperidine rings is 1. The van der Waals surface area contributed by atoms with Crippen molar-refractivity contribution < 1.29 is 26.7 Å². The number of alkyl halides is 5. The maximum absolute atomic E-state index is 12.8. The summed E-state index contributed by atoms with van der Waals surface area (Å²) in [6.45, 7) is 1.13. The molecule has 0 unspecified atom stereocenters. The summed E-state index contributed by atoms with van der Waals surface area (Å²) >= 11 is 0. The fraction of sp³-hybridized carbons (Fsp3) is 0.474. The molecule has 7 nitrogen and oxygen atoms in total. The fourth-order valence-electron chi connectivity index (χ4n) is 4.19. The van der Waals surface area contributed by atoms with Crippen molar-refractivity contribution in [3.05, 3.63) is 36.3 Å². The Morgan fingerprint density at radius 2 is 1.90 bits per heavy atom. The predicted octanol–water partition coefficient (Wildman–Crippen LogP) is 3.27. The molecule has 3 atom stereocenters. The third-order valence-corrected chi connectivity index (χ3v) is 5.82. The van der Waals surface area contributed by atoms with E-state index in [1.807, 2.05) is 4.90 Å². The van der Waals surface area contributed by atoms with Gasteiger partial charge in [0.25, 0.3) is 6.43 Å². The van der Waals surface area contributed by atoms with Gasteiger partial charge in [0.1, 0.15) is 17.9 Å². The van der Waals surface area contributed by atoms with Crippen molar-refractivity contribution >= 4 is 17.0 Å². The molecule has 4 heterocycles. The molecule has 31 heavy (non-hydrogen) atoms. The van der Waals surface area contributed by atoms with Crippen molar-refractivity contribution in [3.63, 3.8) is 0 Å². The van der Waals surface area contributed by atoms with Gasteiger partial charge in [-0.2, -0.15) is 18.3 Å². The van der Waals surface area contributed by atoms with Gasteiger partial charge in [-0.1, -0.05) is 0 Å². The summed E-state index contributed by atoms with van der Waals surface area (Å²) in [5, 5.41) is 3.91. The van der Waals surface area contributed by atoms with Crippen LogP contribution in [0.2, 0.25) is 0 Å². The first kappa shape index (κ1) is 19.9. The summed E-state index contributed by atoms with van der Waals surface area (Å²) in [5.41, 5.74) is -0.0257. The molecule has 0 amide bonds. The quantitative estimate of drug-likeness (QED) is 0.548. The third kappa shape index (κ3) is 3.86. The summed E-state index contributed by atoms with van der Waals surface area (Å²) < 4.78 is 70.4. The minimum Gasteiger partial charge on any atom is -0.477 e. The molecule has 5 rings (SSSR count). The minimum atomic E-state index is -4.44. The van der Waals surface area contributed by atoms with Gasteiger partial charge >= 0.3 is 6.18 Å². The molecule has 1 aliphatic heterocycles. The first-order chi connectivity index (χ1) is 14.8. The molecule has 164 valence electrons. The van der Waals surface area contributed by atoms with E-state index in [9.17, 15) is 22.0 Å². The van der Waals surface area contributed by atoms with Crippen LogP contribution < -0.4 is 9.64 Å². The van der Waals surface area contributed by atoms with Gasteiger partial charge in [-0.15, -0.1) is 0 Å². The van der Waals surface area contributed by atoms with E-state index in [2.05, 4.69) is 20.1 Å². The molecule has 0 spiro atoms. The summed E-state index contributed by atoms with van der Waals surface area (Å²) in [4.78, 5) is 14.6. The van der Waals surface area contributed by atoms with E-state index in [4.69, 9.17) is 4.74 Å². The van der Waals surface area contributed by atoms with E-state index >= 15 is 0 Å². The van der Waals surface area contributed by atoms with Crippen molar-refractivity contribution in [2.45, 2.75) is 19.1 Å². The van der Waals surface area contributed by atoms with Crippen molar-refractivity contribution in [3.8, 4) is 5.88 Å². The normalized spacial score (nSPS) is 22.9. The number of halogens is 5. The number of ether oxygens (including phenoxy) is 1. The zero-order chi connectivity index (χ0) is 21.8. The number of anilines is 1. The van der Waals surface area contributed by atoms with Gasteiger partial charge in [-0.05, 0) is 17.9 Å². The van der Waals surface area contributed by atoms with Gasteiger partial charge in [0, 0.05) is 31.3 Å². The molecule has 1 saturated heterocycles. The summed E-state index contributed by atoms with van der Waals surface area (Å²) in [7, 11) is 0. The van der Waals surface area contributed by atoms with Crippen LogP contribution in [-0.4, -0.2) is 50.9 Å². The second-order valence-corrected chi connectivity index (χ2v) is 7.74. The topological polar surface area (TPSA) is 69.0 Å². The number of hydrogen-bond acceptors (Lipinski definition) is 6. The number of hydrogen-bond donors (Lipinski definition) is 0. The standard InChI is InChI=1S/C19H17F5N6O/c20-15(21)8-30-18-14(4-27-30)26-5-16(28-18)29-6-11-12(7-29)13(11)9-31-17-3-10(1-2-25-17)19(22,23)24/h1-5,11-13,15H,6-9H2/t11-,12+,13+. The van der Waals surface area contributed by atoms with Crippen LogP contribution in [0.25, 0.3) is 11.2 Å². The minimum absolute atomic E-state index is 0.0414. The molecule has 0 radical (unpaired) electrons. The lowest BCUT2D eigenvalue weighted by molar-refractivity contribution is -0.137. The second kappa shape index (κ2) is 7.27. The first-order valence-corrected chi connectivity index (χ1v) is 9.67. The van der Waals surface area contributed by atoms with Gasteiger partial charge in [0.15, 0.2) is 5.65 Å². The lowest BCUT2D eigenvalue weighted by Crippen LogP contribution is -2.26. The molecule has 2 fully saturated rings. The van der Waals surface area contributed by atoms with Gasteiger partial charge < -0.3 is 9.64 Å². The predicted molar refractivity (Wildman–Crippen MR) is 98.7 cm³/mol. The molecule has 1 saturated carbocycles. The van der Waals surface area contributed by atoms with Crippen LogP contribution in [0.3, 0.4) is 0 Å². The smallest absolute Gasteiger partial charge is 0.416 e. The third-order valence-electron chi connectivity index (χ3n) is 5.82. The molecule has 2 aliphatic rings. The highest BCUT2D eigenvalue weighted by atomic mass is 19.4. The largest absolute Gasteiger partial charge is 0.477 e. The summed E-state index contributed by atoms with van der Waals surface area (Å²) in [6, 6.07) is 1.81. The Labute approximate surface area is 172 Å². The van der Waals surface area contributed by atoms with E-state index in [0.717, 1.165) is 23.0 Å². The zero-order valence-electron chi connectivity index (χ0n) is 16.0. The van der Waals surface area contributed by atoms with E-state index in [1.165, 1.54) is 6.20 Å². The molecule has 12 heteroatoms. The highest BCUT2D eigenvalue weighted by Gasteiger charge is 2.56. The number of nitrogens with zero attached hydrogens (tertiary/aromatic N) is 6. The van der Waals surface area contributed by atoms with E-state index in [-0.39, 0.29) is 11.8 Å². The van der Waals surface area contributed by atoms with Crippen LogP contribution in [0.1, 0.15) is 5.56 Å². The van der Waals surface area contributed by atoms with Crippen LogP contribution in [0.5, 0.6) is 5.88 Å².